The maximum atomic E-state index is 12.7. The Kier molecular flexibility index (Phi) is 7.41. The van der Waals surface area contributed by atoms with E-state index in [2.05, 4.69) is 17.2 Å². The third kappa shape index (κ3) is 7.12. The predicted octanol–water partition coefficient (Wildman–Crippen LogP) is 4.53. The van der Waals surface area contributed by atoms with Crippen LogP contribution in [0.4, 0.5) is 21.0 Å². The number of anilines is 2. The maximum absolute atomic E-state index is 12.7. The van der Waals surface area contributed by atoms with Crippen molar-refractivity contribution in [3.63, 3.8) is 0 Å². The topological polar surface area (TPSA) is 98.7 Å². The molecule has 0 saturated heterocycles. The Morgan fingerprint density at radius 3 is 2.30 bits per heavy atom. The molecule has 2 aromatic rings. The second kappa shape index (κ2) is 9.78. The van der Waals surface area contributed by atoms with Gasteiger partial charge in [0.1, 0.15) is 12.2 Å². The van der Waals surface area contributed by atoms with E-state index in [0.717, 1.165) is 5.56 Å². The summed E-state index contributed by atoms with van der Waals surface area (Å²) in [4.78, 5) is 36.1. The van der Waals surface area contributed by atoms with Gasteiger partial charge in [-0.15, -0.1) is 0 Å². The van der Waals surface area contributed by atoms with Crippen LogP contribution in [-0.4, -0.2) is 34.7 Å². The Bertz CT molecular complexity index is 923. The number of nitrogens with one attached hydrogen (secondary N) is 2. The quantitative estimate of drug-likeness (QED) is 0.513. The third-order valence-electron chi connectivity index (χ3n) is 3.83. The number of nitrogens with zero attached hydrogens (tertiary/aromatic N) is 1. The van der Waals surface area contributed by atoms with Crippen molar-refractivity contribution in [2.24, 2.45) is 7.05 Å². The number of rotatable bonds is 7. The van der Waals surface area contributed by atoms with Gasteiger partial charge < -0.3 is 14.0 Å². The highest BCUT2D eigenvalue weighted by Gasteiger charge is 2.18. The molecular formula is C22H27N3O5. The summed E-state index contributed by atoms with van der Waals surface area (Å²) in [5, 5.41) is 5.21. The lowest BCUT2D eigenvalue weighted by Gasteiger charge is -2.19. The number of carbonyl (C=O) groups excluding carboxylic acids is 3. The highest BCUT2D eigenvalue weighted by atomic mass is 16.6. The van der Waals surface area contributed by atoms with Gasteiger partial charge in [0, 0.05) is 25.4 Å². The first kappa shape index (κ1) is 22.7. The molecule has 1 aromatic heterocycles. The van der Waals surface area contributed by atoms with E-state index in [4.69, 9.17) is 9.47 Å². The Morgan fingerprint density at radius 2 is 1.70 bits per heavy atom. The molecule has 0 aliphatic rings. The van der Waals surface area contributed by atoms with Crippen molar-refractivity contribution in [1.82, 2.24) is 4.57 Å². The summed E-state index contributed by atoms with van der Waals surface area (Å²) in [6.45, 7) is 8.92. The number of hydrogen-bond acceptors (Lipinski definition) is 5. The molecule has 0 aliphatic carbocycles. The van der Waals surface area contributed by atoms with Crippen molar-refractivity contribution < 1.29 is 23.9 Å². The van der Waals surface area contributed by atoms with Crippen LogP contribution in [0.25, 0.3) is 0 Å². The summed E-state index contributed by atoms with van der Waals surface area (Å²) in [7, 11) is 1.73. The molecule has 160 valence electrons. The second-order valence-corrected chi connectivity index (χ2v) is 7.66. The SMILES string of the molecule is C=CCOC(=O)Nc1ccc(CC(=O)c2cc(NC(=O)OC(C)(C)C)cn2C)cc1. The van der Waals surface area contributed by atoms with Crippen LogP contribution >= 0.6 is 0 Å². The molecule has 2 N–H and O–H groups in total. The van der Waals surface area contributed by atoms with Crippen molar-refractivity contribution in [2.45, 2.75) is 32.8 Å². The van der Waals surface area contributed by atoms with Gasteiger partial charge in [-0.25, -0.2) is 9.59 Å². The Labute approximate surface area is 175 Å². The predicted molar refractivity (Wildman–Crippen MR) is 115 cm³/mol. The van der Waals surface area contributed by atoms with Gasteiger partial charge in [0.2, 0.25) is 0 Å². The van der Waals surface area contributed by atoms with E-state index in [-0.39, 0.29) is 18.8 Å². The molecule has 30 heavy (non-hydrogen) atoms. The highest BCUT2D eigenvalue weighted by molar-refractivity contribution is 5.98. The van der Waals surface area contributed by atoms with Gasteiger partial charge >= 0.3 is 12.2 Å². The molecule has 0 unspecified atom stereocenters. The number of amides is 2. The number of Topliss-reactive ketones (excluding diaryl/α,β-unsaturated/α-hetero) is 1. The molecular weight excluding hydrogens is 386 g/mol. The highest BCUT2D eigenvalue weighted by Crippen LogP contribution is 2.18. The van der Waals surface area contributed by atoms with Gasteiger partial charge in [-0.1, -0.05) is 24.8 Å². The molecule has 0 bridgehead atoms. The van der Waals surface area contributed by atoms with Crippen LogP contribution < -0.4 is 10.6 Å². The molecule has 0 radical (unpaired) electrons. The van der Waals surface area contributed by atoms with Gasteiger partial charge in [-0.3, -0.25) is 15.4 Å². The Balaban J connectivity index is 1.97. The standard InChI is InChI=1S/C22H27N3O5/c1-6-11-29-20(27)23-16-9-7-15(8-10-16)12-19(26)18-13-17(14-25(18)5)24-21(28)30-22(2,3)4/h6-10,13-14H,1,11-12H2,2-5H3,(H,23,27)(H,24,28). The van der Waals surface area contributed by atoms with Gasteiger partial charge in [0.25, 0.3) is 0 Å². The van der Waals surface area contributed by atoms with Crippen molar-refractivity contribution in [2.75, 3.05) is 17.2 Å². The van der Waals surface area contributed by atoms with Crippen LogP contribution in [0.5, 0.6) is 0 Å². The monoisotopic (exact) mass is 413 g/mol. The smallest absolute Gasteiger partial charge is 0.412 e. The number of ketones is 1. The van der Waals surface area contributed by atoms with Crippen LogP contribution in [-0.2, 0) is 22.9 Å². The maximum Gasteiger partial charge on any atom is 0.412 e. The lowest BCUT2D eigenvalue weighted by molar-refractivity contribution is 0.0635. The van der Waals surface area contributed by atoms with Crippen molar-refractivity contribution in [3.05, 3.63) is 60.4 Å². The number of aromatic nitrogens is 1. The number of carbonyl (C=O) groups is 3. The van der Waals surface area contributed by atoms with Crippen molar-refractivity contribution in [1.29, 1.82) is 0 Å². The molecule has 0 atom stereocenters. The molecule has 0 saturated carbocycles. The molecule has 2 rings (SSSR count). The zero-order valence-corrected chi connectivity index (χ0v) is 17.7. The lowest BCUT2D eigenvalue weighted by atomic mass is 10.1. The molecule has 8 nitrogen and oxygen atoms in total. The minimum absolute atomic E-state index is 0.110. The average molecular weight is 413 g/mol. The first-order valence-corrected chi connectivity index (χ1v) is 9.40. The molecule has 0 fully saturated rings. The van der Waals surface area contributed by atoms with Crippen LogP contribution in [0.15, 0.2) is 49.2 Å². The van der Waals surface area contributed by atoms with Crippen LogP contribution in [0.3, 0.4) is 0 Å². The molecule has 0 spiro atoms. The van der Waals surface area contributed by atoms with E-state index in [1.54, 1.807) is 68.9 Å². The normalized spacial score (nSPS) is 10.8. The summed E-state index contributed by atoms with van der Waals surface area (Å²) in [6.07, 6.45) is 2.14. The van der Waals surface area contributed by atoms with Crippen LogP contribution in [0.1, 0.15) is 36.8 Å². The van der Waals surface area contributed by atoms with Gasteiger partial charge in [0.05, 0.1) is 11.4 Å². The molecule has 0 aliphatic heterocycles. The average Bonchev–Trinajstić information content (AvgIpc) is 3.00. The summed E-state index contributed by atoms with van der Waals surface area (Å²) < 4.78 is 11.7. The largest absolute Gasteiger partial charge is 0.445 e. The summed E-state index contributed by atoms with van der Waals surface area (Å²) in [5.74, 6) is -0.110. The van der Waals surface area contributed by atoms with E-state index in [1.807, 2.05) is 0 Å². The first-order valence-electron chi connectivity index (χ1n) is 9.40. The van der Waals surface area contributed by atoms with E-state index >= 15 is 0 Å². The van der Waals surface area contributed by atoms with Crippen molar-refractivity contribution >= 4 is 29.3 Å². The summed E-state index contributed by atoms with van der Waals surface area (Å²) in [6, 6.07) is 8.50. The third-order valence-corrected chi connectivity index (χ3v) is 3.83. The van der Waals surface area contributed by atoms with Crippen LogP contribution in [0.2, 0.25) is 0 Å². The minimum atomic E-state index is -0.610. The number of ether oxygens (including phenoxy) is 2. The summed E-state index contributed by atoms with van der Waals surface area (Å²) >= 11 is 0. The number of benzene rings is 1. The number of aryl methyl sites for hydroxylation is 1. The van der Waals surface area contributed by atoms with Gasteiger partial charge in [-0.05, 0) is 44.5 Å². The van der Waals surface area contributed by atoms with E-state index < -0.39 is 17.8 Å². The Hall–Kier alpha value is -3.55. The van der Waals surface area contributed by atoms with E-state index in [0.29, 0.717) is 17.1 Å². The van der Waals surface area contributed by atoms with Gasteiger partial charge in [-0.2, -0.15) is 0 Å². The van der Waals surface area contributed by atoms with Crippen LogP contribution in [0, 0.1) is 0 Å². The van der Waals surface area contributed by atoms with E-state index in [9.17, 15) is 14.4 Å². The van der Waals surface area contributed by atoms with Gasteiger partial charge in [0.15, 0.2) is 5.78 Å². The summed E-state index contributed by atoms with van der Waals surface area (Å²) in [5.41, 5.74) is 1.67. The molecule has 1 aromatic carbocycles. The van der Waals surface area contributed by atoms with Crippen molar-refractivity contribution in [3.8, 4) is 0 Å². The second-order valence-electron chi connectivity index (χ2n) is 7.66. The minimum Gasteiger partial charge on any atom is -0.445 e. The molecule has 8 heteroatoms. The zero-order valence-electron chi connectivity index (χ0n) is 17.7. The van der Waals surface area contributed by atoms with E-state index in [1.165, 1.54) is 6.08 Å². The number of hydrogen-bond donors (Lipinski definition) is 2. The fourth-order valence-electron chi connectivity index (χ4n) is 2.60. The first-order chi connectivity index (χ1) is 14.1. The zero-order chi connectivity index (χ0) is 22.3. The molecule has 2 amide bonds. The Morgan fingerprint density at radius 1 is 1.07 bits per heavy atom. The molecule has 1 heterocycles. The fourth-order valence-corrected chi connectivity index (χ4v) is 2.60. The fraction of sp³-hybridized carbons (Fsp3) is 0.318. The lowest BCUT2D eigenvalue weighted by Crippen LogP contribution is -2.27.